The van der Waals surface area contributed by atoms with Crippen molar-refractivity contribution in [1.29, 1.82) is 0 Å². The highest BCUT2D eigenvalue weighted by atomic mass is 19.1. The van der Waals surface area contributed by atoms with E-state index in [1.54, 1.807) is 31.9 Å². The number of aromatic amines is 2. The monoisotopic (exact) mass is 777 g/mol. The first-order valence-electron chi connectivity index (χ1n) is 20.3. The number of likely N-dealkylation sites (tertiary alicyclic amines) is 2. The van der Waals surface area contributed by atoms with Gasteiger partial charge in [0.25, 0.3) is 0 Å². The van der Waals surface area contributed by atoms with Crippen molar-refractivity contribution in [3.05, 3.63) is 66.5 Å². The summed E-state index contributed by atoms with van der Waals surface area (Å²) in [6.45, 7) is 13.2. The highest BCUT2D eigenvalue weighted by Gasteiger charge is 2.42. The molecule has 4 aliphatic rings. The van der Waals surface area contributed by atoms with E-state index in [0.717, 1.165) is 83.0 Å². The molecule has 300 valence electrons. The van der Waals surface area contributed by atoms with Gasteiger partial charge in [-0.1, -0.05) is 18.6 Å². The van der Waals surface area contributed by atoms with Crippen LogP contribution in [0.5, 0.6) is 5.75 Å². The average molecular weight is 778 g/mol. The summed E-state index contributed by atoms with van der Waals surface area (Å²) in [5.41, 5.74) is 5.63. The van der Waals surface area contributed by atoms with Crippen molar-refractivity contribution in [2.75, 3.05) is 19.7 Å². The number of carbonyl (C=O) groups is 2. The van der Waals surface area contributed by atoms with Gasteiger partial charge >= 0.3 is 12.2 Å². The minimum absolute atomic E-state index is 0.0302. The minimum atomic E-state index is -1.16. The number of fused-ring (bicyclic) bond motifs is 5. The van der Waals surface area contributed by atoms with Crippen molar-refractivity contribution in [2.24, 2.45) is 5.41 Å². The van der Waals surface area contributed by atoms with Crippen LogP contribution in [0.4, 0.5) is 14.0 Å². The van der Waals surface area contributed by atoms with Crippen LogP contribution in [0.3, 0.4) is 0 Å². The summed E-state index contributed by atoms with van der Waals surface area (Å²) < 4.78 is 35.2. The smallest absolute Gasteiger partial charge is 0.411 e. The Morgan fingerprint density at radius 2 is 1.49 bits per heavy atom. The SMILES string of the molecule is CC(C)(C)OC(=O)N1CCCC1c1ncc(-c2ccc3c(c2)cc2n3CC3(CCC3)COc3cc(-c4cnc([C@H]5C[C@H](F)CN5C(=O)OC(C)(C)C)[nH]4)ccc3-2)[nH]1. The molecule has 1 spiro atoms. The third-order valence-electron chi connectivity index (χ3n) is 11.8. The number of aromatic nitrogens is 5. The van der Waals surface area contributed by atoms with Crippen molar-refractivity contribution in [3.8, 4) is 39.5 Å². The first-order chi connectivity index (χ1) is 27.1. The van der Waals surface area contributed by atoms with Gasteiger partial charge in [-0.05, 0) is 97.6 Å². The zero-order chi connectivity index (χ0) is 39.9. The number of nitrogens with zero attached hydrogens (tertiary/aromatic N) is 5. The van der Waals surface area contributed by atoms with E-state index in [4.69, 9.17) is 19.2 Å². The molecule has 2 N–H and O–H groups in total. The Morgan fingerprint density at radius 1 is 0.842 bits per heavy atom. The van der Waals surface area contributed by atoms with Crippen molar-refractivity contribution in [3.63, 3.8) is 0 Å². The van der Waals surface area contributed by atoms with Crippen LogP contribution in [0.1, 0.15) is 104 Å². The fourth-order valence-electron chi connectivity index (χ4n) is 8.91. The van der Waals surface area contributed by atoms with Crippen LogP contribution < -0.4 is 4.74 Å². The molecule has 2 aromatic carbocycles. The zero-order valence-electron chi connectivity index (χ0n) is 33.7. The summed E-state index contributed by atoms with van der Waals surface area (Å²) in [4.78, 5) is 45.5. The van der Waals surface area contributed by atoms with Gasteiger partial charge in [0, 0.05) is 52.5 Å². The molecule has 3 aliphatic heterocycles. The summed E-state index contributed by atoms with van der Waals surface area (Å²) in [6, 6.07) is 14.3. The third-order valence-corrected chi connectivity index (χ3v) is 11.8. The van der Waals surface area contributed by atoms with Gasteiger partial charge < -0.3 is 28.7 Å². The molecule has 1 unspecified atom stereocenters. The van der Waals surface area contributed by atoms with Crippen molar-refractivity contribution >= 4 is 23.1 Å². The van der Waals surface area contributed by atoms with Gasteiger partial charge in [-0.25, -0.2) is 23.9 Å². The molecule has 2 saturated heterocycles. The number of imidazole rings is 2. The van der Waals surface area contributed by atoms with Gasteiger partial charge in [0.15, 0.2) is 0 Å². The second-order valence-electron chi connectivity index (χ2n) is 18.4. The second-order valence-corrected chi connectivity index (χ2v) is 18.4. The number of alkyl halides is 1. The first kappa shape index (κ1) is 37.3. The largest absolute Gasteiger partial charge is 0.492 e. The van der Waals surface area contributed by atoms with Gasteiger partial charge in [-0.3, -0.25) is 9.80 Å². The van der Waals surface area contributed by atoms with E-state index in [-0.39, 0.29) is 30.5 Å². The highest BCUT2D eigenvalue weighted by molar-refractivity contribution is 5.91. The maximum absolute atomic E-state index is 14.7. The molecule has 9 rings (SSSR count). The van der Waals surface area contributed by atoms with Crippen molar-refractivity contribution in [1.82, 2.24) is 34.3 Å². The van der Waals surface area contributed by atoms with Crippen LogP contribution in [0.2, 0.25) is 0 Å². The predicted molar refractivity (Wildman–Crippen MR) is 214 cm³/mol. The summed E-state index contributed by atoms with van der Waals surface area (Å²) in [5, 5.41) is 1.12. The maximum Gasteiger partial charge on any atom is 0.411 e. The number of amides is 2. The van der Waals surface area contributed by atoms with E-state index in [2.05, 4.69) is 62.0 Å². The summed E-state index contributed by atoms with van der Waals surface area (Å²) >= 11 is 0. The predicted octanol–water partition coefficient (Wildman–Crippen LogP) is 9.74. The number of halogens is 1. The minimum Gasteiger partial charge on any atom is -0.492 e. The number of hydrogen-bond acceptors (Lipinski definition) is 7. The molecule has 3 aromatic heterocycles. The standard InChI is InChI=1S/C44H52FN7O5/c1-42(2,3)56-40(53)50-16-7-9-34(50)38-46-21-31(48-38)26-11-13-33-28(17-26)18-35-30-12-10-27(19-37(30)55-25-44(14-8-15-44)24-52(33)35)32-22-47-39(49-32)36-20-29(45)23-51(36)41(54)57-43(4,5)6/h10-13,17-19,21-22,29,34,36H,7-9,14-16,20,23-25H2,1-6H3,(H,46,48)(H,47,49)/t29-,34?,36+/m0/s1. The Morgan fingerprint density at radius 3 is 2.16 bits per heavy atom. The molecule has 0 radical (unpaired) electrons. The van der Waals surface area contributed by atoms with Crippen LogP contribution in [-0.4, -0.2) is 83.6 Å². The number of ether oxygens (including phenoxy) is 3. The summed E-state index contributed by atoms with van der Waals surface area (Å²) in [6.07, 6.45) is 6.87. The average Bonchev–Trinajstić information content (AvgIpc) is 3.96. The fraction of sp³-hybridized carbons (Fsp3) is 0.500. The van der Waals surface area contributed by atoms with E-state index < -0.39 is 29.5 Å². The molecule has 1 aliphatic carbocycles. The normalized spacial score (nSPS) is 21.8. The molecular weight excluding hydrogens is 726 g/mol. The van der Waals surface area contributed by atoms with E-state index >= 15 is 0 Å². The molecular formula is C44H52FN7O5. The molecule has 12 nitrogen and oxygen atoms in total. The van der Waals surface area contributed by atoms with Crippen LogP contribution in [0.15, 0.2) is 54.9 Å². The Kier molecular flexibility index (Phi) is 8.93. The summed E-state index contributed by atoms with van der Waals surface area (Å²) in [7, 11) is 0. The number of hydrogen-bond donors (Lipinski definition) is 2. The molecule has 3 fully saturated rings. The molecule has 3 atom stereocenters. The Balaban J connectivity index is 1.01. The van der Waals surface area contributed by atoms with Crippen LogP contribution >= 0.6 is 0 Å². The molecule has 0 bridgehead atoms. The number of nitrogens with one attached hydrogen (secondary N) is 2. The molecule has 57 heavy (non-hydrogen) atoms. The molecule has 13 heteroatoms. The molecule has 6 heterocycles. The number of H-pyrrole nitrogens is 2. The second kappa shape index (κ2) is 13.7. The Hall–Kier alpha value is -5.33. The molecule has 1 saturated carbocycles. The van der Waals surface area contributed by atoms with Gasteiger partial charge in [0.2, 0.25) is 0 Å². The zero-order valence-corrected chi connectivity index (χ0v) is 33.7. The van der Waals surface area contributed by atoms with Crippen LogP contribution in [0.25, 0.3) is 44.7 Å². The van der Waals surface area contributed by atoms with Gasteiger partial charge in [-0.2, -0.15) is 0 Å². The first-order valence-corrected chi connectivity index (χ1v) is 20.3. The van der Waals surface area contributed by atoms with E-state index in [9.17, 15) is 14.0 Å². The Labute approximate surface area is 332 Å². The quantitative estimate of drug-likeness (QED) is 0.186. The lowest BCUT2D eigenvalue weighted by Crippen LogP contribution is -2.40. The third kappa shape index (κ3) is 7.14. The van der Waals surface area contributed by atoms with Crippen molar-refractivity contribution < 1.29 is 28.2 Å². The van der Waals surface area contributed by atoms with Crippen LogP contribution in [0, 0.1) is 5.41 Å². The van der Waals surface area contributed by atoms with Gasteiger partial charge in [-0.15, -0.1) is 0 Å². The van der Waals surface area contributed by atoms with Crippen LogP contribution in [-0.2, 0) is 16.0 Å². The topological polar surface area (TPSA) is 131 Å². The lowest BCUT2D eigenvalue weighted by molar-refractivity contribution is 0.0204. The van der Waals surface area contributed by atoms with E-state index in [1.165, 1.54) is 16.8 Å². The summed E-state index contributed by atoms with van der Waals surface area (Å²) in [5.74, 6) is 2.09. The number of benzene rings is 2. The Bertz CT molecular complexity index is 2340. The lowest BCUT2D eigenvalue weighted by Gasteiger charge is -2.43. The van der Waals surface area contributed by atoms with Gasteiger partial charge in [0.1, 0.15) is 34.8 Å². The number of carbonyl (C=O) groups excluding carboxylic acids is 2. The maximum atomic E-state index is 14.7. The van der Waals surface area contributed by atoms with E-state index in [0.29, 0.717) is 19.0 Å². The molecule has 5 aromatic rings. The highest BCUT2D eigenvalue weighted by Crippen LogP contribution is 2.48. The number of rotatable bonds is 4. The van der Waals surface area contributed by atoms with Crippen molar-refractivity contribution in [2.45, 2.75) is 116 Å². The lowest BCUT2D eigenvalue weighted by atomic mass is 9.69. The van der Waals surface area contributed by atoms with E-state index in [1.807, 2.05) is 27.0 Å². The van der Waals surface area contributed by atoms with Gasteiger partial charge in [0.05, 0.1) is 54.7 Å². The molecule has 2 amide bonds. The fourth-order valence-corrected chi connectivity index (χ4v) is 8.91.